The Hall–Kier alpha value is -1.48. The number of amides is 1. The molecule has 0 aromatic rings. The second-order valence-electron chi connectivity index (χ2n) is 1.96. The maximum Gasteiger partial charge on any atom is 0.251 e. The second kappa shape index (κ2) is 3.53. The molecule has 0 rings (SSSR count). The van der Waals surface area contributed by atoms with Crippen molar-refractivity contribution in [3.8, 4) is 18.4 Å². The third kappa shape index (κ3) is 1.80. The molecule has 52 valence electrons. The molecule has 0 aliphatic rings. The zero-order valence-electron chi connectivity index (χ0n) is 5.96. The number of terminal acetylenes is 1. The quantitative estimate of drug-likeness (QED) is 0.470. The van der Waals surface area contributed by atoms with Gasteiger partial charge in [-0.3, -0.25) is 4.79 Å². The Morgan fingerprint density at radius 1 is 1.70 bits per heavy atom. The third-order valence-electron chi connectivity index (χ3n) is 0.983. The molecule has 0 aromatic heterocycles. The van der Waals surface area contributed by atoms with Crippen molar-refractivity contribution in [1.29, 1.82) is 5.26 Å². The molecule has 0 bridgehead atoms. The molecule has 0 spiro atoms. The third-order valence-corrected chi connectivity index (χ3v) is 0.983. The van der Waals surface area contributed by atoms with E-state index in [1.165, 1.54) is 4.90 Å². The molecule has 0 saturated carbocycles. The van der Waals surface area contributed by atoms with Crippen molar-refractivity contribution in [2.24, 2.45) is 5.92 Å². The Labute approximate surface area is 60.2 Å². The molecule has 1 amide bonds. The van der Waals surface area contributed by atoms with E-state index in [1.807, 2.05) is 0 Å². The van der Waals surface area contributed by atoms with Gasteiger partial charge in [-0.05, 0) is 0 Å². The standard InChI is InChI=1S/C7H8N2O/c1-4-6(5-8)7(10)9(2)3/h1,6H,2-3H3. The minimum Gasteiger partial charge on any atom is -0.347 e. The van der Waals surface area contributed by atoms with Crippen LogP contribution in [0.3, 0.4) is 0 Å². The molecule has 0 N–H and O–H groups in total. The van der Waals surface area contributed by atoms with Crippen LogP contribution in [0.4, 0.5) is 0 Å². The van der Waals surface area contributed by atoms with E-state index in [1.54, 1.807) is 20.2 Å². The molecule has 0 heterocycles. The van der Waals surface area contributed by atoms with Gasteiger partial charge in [0.1, 0.15) is 0 Å². The first-order valence-corrected chi connectivity index (χ1v) is 2.70. The number of nitriles is 1. The first-order valence-electron chi connectivity index (χ1n) is 2.70. The maximum atomic E-state index is 10.9. The fourth-order valence-corrected chi connectivity index (χ4v) is 0.422. The monoisotopic (exact) mass is 136 g/mol. The Morgan fingerprint density at radius 2 is 2.20 bits per heavy atom. The highest BCUT2D eigenvalue weighted by molar-refractivity contribution is 5.83. The van der Waals surface area contributed by atoms with Crippen LogP contribution in [-0.4, -0.2) is 24.9 Å². The topological polar surface area (TPSA) is 44.1 Å². The first kappa shape index (κ1) is 8.52. The number of hydrogen-bond donors (Lipinski definition) is 0. The van der Waals surface area contributed by atoms with Crippen molar-refractivity contribution in [2.75, 3.05) is 14.1 Å². The number of nitrogens with zero attached hydrogens (tertiary/aromatic N) is 2. The minimum atomic E-state index is -0.935. The summed E-state index contributed by atoms with van der Waals surface area (Å²) in [6.45, 7) is 0. The van der Waals surface area contributed by atoms with Crippen molar-refractivity contribution < 1.29 is 4.79 Å². The summed E-state index contributed by atoms with van der Waals surface area (Å²) in [5, 5.41) is 8.31. The van der Waals surface area contributed by atoms with Crippen LogP contribution < -0.4 is 0 Å². The molecular weight excluding hydrogens is 128 g/mol. The summed E-state index contributed by atoms with van der Waals surface area (Å²) < 4.78 is 0. The molecule has 0 aromatic carbocycles. The first-order chi connectivity index (χ1) is 4.63. The molecule has 10 heavy (non-hydrogen) atoms. The maximum absolute atomic E-state index is 10.9. The SMILES string of the molecule is C#CC(C#N)C(=O)N(C)C. The van der Waals surface area contributed by atoms with Crippen LogP contribution in [0.1, 0.15) is 0 Å². The Bertz CT molecular complexity index is 193. The van der Waals surface area contributed by atoms with Gasteiger partial charge in [-0.15, -0.1) is 6.42 Å². The summed E-state index contributed by atoms with van der Waals surface area (Å²) >= 11 is 0. The van der Waals surface area contributed by atoms with E-state index in [9.17, 15) is 4.79 Å². The molecular formula is C7H8N2O. The Morgan fingerprint density at radius 3 is 2.30 bits per heavy atom. The fourth-order valence-electron chi connectivity index (χ4n) is 0.422. The molecule has 0 aliphatic heterocycles. The van der Waals surface area contributed by atoms with Crippen molar-refractivity contribution in [3.05, 3.63) is 0 Å². The van der Waals surface area contributed by atoms with Gasteiger partial charge in [0, 0.05) is 14.1 Å². The van der Waals surface area contributed by atoms with E-state index in [0.29, 0.717) is 0 Å². The van der Waals surface area contributed by atoms with Crippen LogP contribution in [-0.2, 0) is 4.79 Å². The summed E-state index contributed by atoms with van der Waals surface area (Å²) in [6.07, 6.45) is 4.90. The summed E-state index contributed by atoms with van der Waals surface area (Å²) in [4.78, 5) is 12.2. The van der Waals surface area contributed by atoms with Crippen LogP contribution >= 0.6 is 0 Å². The lowest BCUT2D eigenvalue weighted by Gasteiger charge is -2.09. The van der Waals surface area contributed by atoms with Gasteiger partial charge >= 0.3 is 0 Å². The van der Waals surface area contributed by atoms with Crippen LogP contribution in [0.2, 0.25) is 0 Å². The van der Waals surface area contributed by atoms with Crippen molar-refractivity contribution >= 4 is 5.91 Å². The highest BCUT2D eigenvalue weighted by atomic mass is 16.2. The van der Waals surface area contributed by atoms with Gasteiger partial charge in [0.15, 0.2) is 5.92 Å². The molecule has 1 atom stereocenters. The number of hydrogen-bond acceptors (Lipinski definition) is 2. The van der Waals surface area contributed by atoms with Crippen molar-refractivity contribution in [1.82, 2.24) is 4.90 Å². The molecule has 1 unspecified atom stereocenters. The molecule has 0 saturated heterocycles. The average molecular weight is 136 g/mol. The highest BCUT2D eigenvalue weighted by Gasteiger charge is 2.15. The van der Waals surface area contributed by atoms with Crippen LogP contribution in [0.5, 0.6) is 0 Å². The largest absolute Gasteiger partial charge is 0.347 e. The van der Waals surface area contributed by atoms with E-state index >= 15 is 0 Å². The van der Waals surface area contributed by atoms with E-state index in [2.05, 4.69) is 5.92 Å². The molecule has 0 aliphatic carbocycles. The highest BCUT2D eigenvalue weighted by Crippen LogP contribution is 1.95. The van der Waals surface area contributed by atoms with E-state index < -0.39 is 5.92 Å². The van der Waals surface area contributed by atoms with Crippen LogP contribution in [0.15, 0.2) is 0 Å². The van der Waals surface area contributed by atoms with Crippen LogP contribution in [0, 0.1) is 29.6 Å². The van der Waals surface area contributed by atoms with E-state index in [0.717, 1.165) is 0 Å². The number of carbonyl (C=O) groups excluding carboxylic acids is 1. The lowest BCUT2D eigenvalue weighted by Crippen LogP contribution is -2.27. The normalized spacial score (nSPS) is 10.8. The zero-order valence-corrected chi connectivity index (χ0v) is 5.96. The van der Waals surface area contributed by atoms with Gasteiger partial charge in [-0.1, -0.05) is 5.92 Å². The lowest BCUT2D eigenvalue weighted by atomic mass is 10.1. The molecule has 3 nitrogen and oxygen atoms in total. The van der Waals surface area contributed by atoms with Gasteiger partial charge in [0.25, 0.3) is 5.91 Å². The number of rotatable bonds is 1. The van der Waals surface area contributed by atoms with E-state index in [-0.39, 0.29) is 5.91 Å². The van der Waals surface area contributed by atoms with Gasteiger partial charge in [0.2, 0.25) is 0 Å². The summed E-state index contributed by atoms with van der Waals surface area (Å²) in [7, 11) is 3.12. The van der Waals surface area contributed by atoms with Gasteiger partial charge < -0.3 is 4.90 Å². The smallest absolute Gasteiger partial charge is 0.251 e. The Balaban J connectivity index is 4.24. The lowest BCUT2D eigenvalue weighted by molar-refractivity contribution is -0.129. The fraction of sp³-hybridized carbons (Fsp3) is 0.429. The predicted molar refractivity (Wildman–Crippen MR) is 36.6 cm³/mol. The van der Waals surface area contributed by atoms with Gasteiger partial charge in [-0.25, -0.2) is 0 Å². The van der Waals surface area contributed by atoms with Gasteiger partial charge in [-0.2, -0.15) is 5.26 Å². The molecule has 3 heteroatoms. The minimum absolute atomic E-state index is 0.343. The summed E-state index contributed by atoms with van der Waals surface area (Å²) in [5.41, 5.74) is 0. The van der Waals surface area contributed by atoms with Crippen molar-refractivity contribution in [3.63, 3.8) is 0 Å². The van der Waals surface area contributed by atoms with Gasteiger partial charge in [0.05, 0.1) is 6.07 Å². The molecule has 0 fully saturated rings. The zero-order chi connectivity index (χ0) is 8.15. The second-order valence-corrected chi connectivity index (χ2v) is 1.96. The number of carbonyl (C=O) groups is 1. The summed E-state index contributed by atoms with van der Waals surface area (Å²) in [5.74, 6) is 0.803. The van der Waals surface area contributed by atoms with Crippen molar-refractivity contribution in [2.45, 2.75) is 0 Å². The van der Waals surface area contributed by atoms with Crippen LogP contribution in [0.25, 0.3) is 0 Å². The predicted octanol–water partition coefficient (Wildman–Crippen LogP) is -0.152. The molecule has 0 radical (unpaired) electrons. The summed E-state index contributed by atoms with van der Waals surface area (Å²) in [6, 6.07) is 1.71. The van der Waals surface area contributed by atoms with E-state index in [4.69, 9.17) is 11.7 Å². The Kier molecular flexibility index (Phi) is 3.01. The average Bonchev–Trinajstić information content (AvgIpc) is 1.90.